The van der Waals surface area contributed by atoms with Crippen LogP contribution >= 0.6 is 0 Å². The van der Waals surface area contributed by atoms with Gasteiger partial charge >= 0.3 is 0 Å². The van der Waals surface area contributed by atoms with Crippen molar-refractivity contribution in [2.24, 2.45) is 0 Å². The summed E-state index contributed by atoms with van der Waals surface area (Å²) in [4.78, 5) is 23.7. The van der Waals surface area contributed by atoms with Gasteiger partial charge in [-0.2, -0.15) is 0 Å². The second-order valence-corrected chi connectivity index (χ2v) is 13.3. The Labute approximate surface area is 251 Å². The van der Waals surface area contributed by atoms with Crippen molar-refractivity contribution < 1.29 is 29.3 Å². The predicted octanol–water partition coefficient (Wildman–Crippen LogP) is 4.67. The second-order valence-electron chi connectivity index (χ2n) is 13.3. The molecule has 0 saturated heterocycles. The number of nitrogens with one attached hydrogen (secondary N) is 2. The Kier molecular flexibility index (Phi) is 12.1. The molecule has 4 N–H and O–H groups in total. The number of hydrogen-bond donors (Lipinski definition) is 4. The Morgan fingerprint density at radius 2 is 1.05 bits per heavy atom. The molecular formula is C34H50N2O6. The van der Waals surface area contributed by atoms with Crippen LogP contribution in [0, 0.1) is 0 Å². The molecule has 0 amide bonds. The van der Waals surface area contributed by atoms with E-state index < -0.39 is 12.2 Å². The summed E-state index contributed by atoms with van der Waals surface area (Å²) >= 11 is 0. The van der Waals surface area contributed by atoms with Crippen molar-refractivity contribution in [3.63, 3.8) is 0 Å². The summed E-state index contributed by atoms with van der Waals surface area (Å²) in [5.41, 5.74) is 3.48. The Hall–Kier alpha value is -2.78. The van der Waals surface area contributed by atoms with Crippen molar-refractivity contribution in [2.75, 3.05) is 26.3 Å². The number of hydrogen-bond acceptors (Lipinski definition) is 8. The minimum atomic E-state index is -0.570. The van der Waals surface area contributed by atoms with Gasteiger partial charge < -0.3 is 30.3 Å². The lowest BCUT2D eigenvalue weighted by atomic mass is 9.90. The molecule has 8 nitrogen and oxygen atoms in total. The van der Waals surface area contributed by atoms with Gasteiger partial charge in [-0.3, -0.25) is 9.59 Å². The van der Waals surface area contributed by atoms with Crippen molar-refractivity contribution >= 4 is 11.6 Å². The van der Waals surface area contributed by atoms with Crippen LogP contribution in [0.3, 0.4) is 0 Å². The molecule has 0 aromatic heterocycles. The van der Waals surface area contributed by atoms with E-state index in [0.717, 1.165) is 59.4 Å². The SMILES string of the molecule is CC(C)(C)NC[C@H](O)COc1cccc2c1CCCC2=O.CC(C)(C)NC[C@H](O)COc1cccc2c1CCCC2=O. The van der Waals surface area contributed by atoms with Crippen LogP contribution in [0.2, 0.25) is 0 Å². The molecule has 0 fully saturated rings. The number of ether oxygens (including phenoxy) is 2. The minimum Gasteiger partial charge on any atom is -0.491 e. The molecule has 2 atom stereocenters. The molecule has 0 bridgehead atoms. The third-order valence-electron chi connectivity index (χ3n) is 7.13. The lowest BCUT2D eigenvalue weighted by Gasteiger charge is -2.24. The number of carbonyl (C=O) groups excluding carboxylic acids is 2. The van der Waals surface area contributed by atoms with Crippen molar-refractivity contribution in [3.8, 4) is 11.5 Å². The van der Waals surface area contributed by atoms with E-state index in [2.05, 4.69) is 52.2 Å². The van der Waals surface area contributed by atoms with Gasteiger partial charge in [-0.15, -0.1) is 0 Å². The molecule has 2 aliphatic rings. The summed E-state index contributed by atoms with van der Waals surface area (Å²) in [6, 6.07) is 11.2. The van der Waals surface area contributed by atoms with Gasteiger partial charge in [-0.05, 0) is 79.4 Å². The molecule has 0 aliphatic heterocycles. The number of benzene rings is 2. The summed E-state index contributed by atoms with van der Waals surface area (Å²) in [6.45, 7) is 13.8. The normalized spacial score (nSPS) is 16.5. The van der Waals surface area contributed by atoms with E-state index in [9.17, 15) is 19.8 Å². The maximum Gasteiger partial charge on any atom is 0.163 e. The zero-order chi connectivity index (χ0) is 30.9. The highest BCUT2D eigenvalue weighted by atomic mass is 16.5. The Morgan fingerprint density at radius 1 is 0.667 bits per heavy atom. The summed E-state index contributed by atoms with van der Waals surface area (Å²) in [6.07, 6.45) is 3.59. The fourth-order valence-electron chi connectivity index (χ4n) is 4.90. The van der Waals surface area contributed by atoms with Crippen LogP contribution in [-0.4, -0.2) is 71.4 Å². The molecule has 8 heteroatoms. The zero-order valence-corrected chi connectivity index (χ0v) is 26.2. The monoisotopic (exact) mass is 582 g/mol. The van der Waals surface area contributed by atoms with E-state index in [1.54, 1.807) is 0 Å². The molecule has 2 aromatic rings. The molecule has 0 saturated carbocycles. The Morgan fingerprint density at radius 3 is 1.40 bits per heavy atom. The average molecular weight is 583 g/mol. The average Bonchev–Trinajstić information content (AvgIpc) is 2.93. The third kappa shape index (κ3) is 10.8. The van der Waals surface area contributed by atoms with Gasteiger partial charge in [0.15, 0.2) is 11.6 Å². The van der Waals surface area contributed by atoms with E-state index in [0.29, 0.717) is 25.9 Å². The highest BCUT2D eigenvalue weighted by Crippen LogP contribution is 2.30. The molecule has 0 radical (unpaired) electrons. The standard InChI is InChI=1S/2C17H25NO3/c2*1-17(2,3)18-10-12(19)11-21-16-9-5-6-13-14(16)7-4-8-15(13)20/h2*5-6,9,12,18-19H,4,7-8,10-11H2,1-3H3/t2*12-/m00/s1. The molecule has 0 heterocycles. The van der Waals surface area contributed by atoms with Crippen molar-refractivity contribution in [1.29, 1.82) is 0 Å². The molecule has 2 aromatic carbocycles. The molecule has 4 rings (SSSR count). The summed E-state index contributed by atoms with van der Waals surface area (Å²) in [5, 5.41) is 26.4. The first-order valence-electron chi connectivity index (χ1n) is 15.2. The highest BCUT2D eigenvalue weighted by Gasteiger charge is 2.22. The van der Waals surface area contributed by atoms with Crippen LogP contribution in [0.4, 0.5) is 0 Å². The molecule has 232 valence electrons. The molecule has 0 unspecified atom stereocenters. The van der Waals surface area contributed by atoms with Gasteiger partial charge in [0.05, 0.1) is 0 Å². The van der Waals surface area contributed by atoms with Crippen LogP contribution < -0.4 is 20.1 Å². The van der Waals surface area contributed by atoms with Crippen molar-refractivity contribution in [2.45, 2.75) is 103 Å². The zero-order valence-electron chi connectivity index (χ0n) is 26.2. The van der Waals surface area contributed by atoms with Gasteiger partial charge in [0, 0.05) is 59.3 Å². The first-order chi connectivity index (χ1) is 19.7. The van der Waals surface area contributed by atoms with Crippen LogP contribution in [0.1, 0.15) is 99.1 Å². The van der Waals surface area contributed by atoms with E-state index in [1.165, 1.54) is 0 Å². The van der Waals surface area contributed by atoms with Crippen LogP contribution in [0.5, 0.6) is 11.5 Å². The molecule has 2 aliphatic carbocycles. The number of β-amino-alcohol motifs (C(OH)–C–C–N with tert-alkyl or cyclic N) is 2. The third-order valence-corrected chi connectivity index (χ3v) is 7.13. The number of aliphatic hydroxyl groups excluding tert-OH is 2. The maximum atomic E-state index is 11.9. The van der Waals surface area contributed by atoms with Gasteiger partial charge in [0.1, 0.15) is 36.9 Å². The molecule has 42 heavy (non-hydrogen) atoms. The van der Waals surface area contributed by atoms with Crippen LogP contribution in [0.25, 0.3) is 0 Å². The van der Waals surface area contributed by atoms with Crippen LogP contribution in [-0.2, 0) is 12.8 Å². The van der Waals surface area contributed by atoms with E-state index >= 15 is 0 Å². The van der Waals surface area contributed by atoms with E-state index in [4.69, 9.17) is 9.47 Å². The Balaban J connectivity index is 0.000000230. The van der Waals surface area contributed by atoms with E-state index in [-0.39, 0.29) is 35.9 Å². The van der Waals surface area contributed by atoms with Crippen LogP contribution in [0.15, 0.2) is 36.4 Å². The highest BCUT2D eigenvalue weighted by molar-refractivity contribution is 5.99. The lowest BCUT2D eigenvalue weighted by Crippen LogP contribution is -2.42. The number of Topliss-reactive ketones (excluding diaryl/α,β-unsaturated/α-hetero) is 2. The predicted molar refractivity (Wildman–Crippen MR) is 166 cm³/mol. The molecule has 0 spiro atoms. The van der Waals surface area contributed by atoms with Gasteiger partial charge in [-0.1, -0.05) is 24.3 Å². The maximum absolute atomic E-state index is 11.9. The fourth-order valence-corrected chi connectivity index (χ4v) is 4.90. The number of ketones is 2. The topological polar surface area (TPSA) is 117 Å². The van der Waals surface area contributed by atoms with Crippen molar-refractivity contribution in [1.82, 2.24) is 10.6 Å². The second kappa shape index (κ2) is 15.1. The molecular weight excluding hydrogens is 532 g/mol. The first kappa shape index (κ1) is 33.7. The van der Waals surface area contributed by atoms with Gasteiger partial charge in [-0.25, -0.2) is 0 Å². The Bertz CT molecular complexity index is 1100. The van der Waals surface area contributed by atoms with Crippen molar-refractivity contribution in [3.05, 3.63) is 58.7 Å². The largest absolute Gasteiger partial charge is 0.491 e. The number of aliphatic hydroxyl groups is 2. The van der Waals surface area contributed by atoms with E-state index in [1.807, 2.05) is 36.4 Å². The number of rotatable bonds is 10. The summed E-state index contributed by atoms with van der Waals surface area (Å²) in [7, 11) is 0. The van der Waals surface area contributed by atoms with Gasteiger partial charge in [0.2, 0.25) is 0 Å². The lowest BCUT2D eigenvalue weighted by molar-refractivity contribution is 0.0949. The minimum absolute atomic E-state index is 0.0285. The fraction of sp³-hybridized carbons (Fsp3) is 0.588. The quantitative estimate of drug-likeness (QED) is 0.320. The first-order valence-corrected chi connectivity index (χ1v) is 15.2. The number of carbonyl (C=O) groups is 2. The smallest absolute Gasteiger partial charge is 0.163 e. The summed E-state index contributed by atoms with van der Waals surface area (Å²) < 4.78 is 11.5. The number of fused-ring (bicyclic) bond motifs is 2. The van der Waals surface area contributed by atoms with Gasteiger partial charge in [0.25, 0.3) is 0 Å². The summed E-state index contributed by atoms with van der Waals surface area (Å²) in [5.74, 6) is 1.85.